The molecule has 0 saturated heterocycles. The molecule has 0 radical (unpaired) electrons. The van der Waals surface area contributed by atoms with Crippen molar-refractivity contribution in [1.82, 2.24) is 5.32 Å². The number of carboxylic acids is 1. The normalized spacial score (nSPS) is 10.8. The van der Waals surface area contributed by atoms with Gasteiger partial charge in [0.05, 0.1) is 6.42 Å². The summed E-state index contributed by atoms with van der Waals surface area (Å²) < 4.78 is 0. The van der Waals surface area contributed by atoms with Crippen molar-refractivity contribution in [1.29, 1.82) is 0 Å². The standard InChI is InChI=1S/C14H21NO2/c1-11(2)7-8-15-10-13-5-3-12(4-6-13)9-14(16)17/h3-6,11,15H,7-10H2,1-2H3,(H,16,17). The zero-order chi connectivity index (χ0) is 12.7. The second-order valence-corrected chi connectivity index (χ2v) is 4.75. The zero-order valence-corrected chi connectivity index (χ0v) is 10.6. The van der Waals surface area contributed by atoms with Gasteiger partial charge in [0.1, 0.15) is 0 Å². The van der Waals surface area contributed by atoms with Gasteiger partial charge in [0.15, 0.2) is 0 Å². The Bertz CT molecular complexity index is 344. The van der Waals surface area contributed by atoms with Crippen LogP contribution >= 0.6 is 0 Å². The van der Waals surface area contributed by atoms with Crippen molar-refractivity contribution in [2.75, 3.05) is 6.54 Å². The number of carboxylic acid groups (broad SMARTS) is 1. The van der Waals surface area contributed by atoms with Gasteiger partial charge in [-0.15, -0.1) is 0 Å². The summed E-state index contributed by atoms with van der Waals surface area (Å²) in [6.45, 7) is 6.29. The van der Waals surface area contributed by atoms with Gasteiger partial charge < -0.3 is 10.4 Å². The average Bonchev–Trinajstić information content (AvgIpc) is 2.25. The van der Waals surface area contributed by atoms with Gasteiger partial charge in [-0.2, -0.15) is 0 Å². The third kappa shape index (κ3) is 6.07. The molecule has 3 heteroatoms. The fraction of sp³-hybridized carbons (Fsp3) is 0.500. The highest BCUT2D eigenvalue weighted by Crippen LogP contribution is 2.05. The predicted molar refractivity (Wildman–Crippen MR) is 68.9 cm³/mol. The van der Waals surface area contributed by atoms with Gasteiger partial charge in [0.25, 0.3) is 0 Å². The van der Waals surface area contributed by atoms with Gasteiger partial charge in [-0.25, -0.2) is 0 Å². The molecule has 0 atom stereocenters. The SMILES string of the molecule is CC(C)CCNCc1ccc(CC(=O)O)cc1. The highest BCUT2D eigenvalue weighted by Gasteiger charge is 2.00. The van der Waals surface area contributed by atoms with Crippen molar-refractivity contribution < 1.29 is 9.90 Å². The predicted octanol–water partition coefficient (Wildman–Crippen LogP) is 2.45. The van der Waals surface area contributed by atoms with Gasteiger partial charge in [-0.3, -0.25) is 4.79 Å². The van der Waals surface area contributed by atoms with Crippen LogP contribution in [0.15, 0.2) is 24.3 Å². The highest BCUT2D eigenvalue weighted by atomic mass is 16.4. The van der Waals surface area contributed by atoms with E-state index in [4.69, 9.17) is 5.11 Å². The Balaban J connectivity index is 2.32. The Morgan fingerprint density at radius 2 is 1.82 bits per heavy atom. The first-order valence-electron chi connectivity index (χ1n) is 6.08. The topological polar surface area (TPSA) is 49.3 Å². The Morgan fingerprint density at radius 1 is 1.24 bits per heavy atom. The van der Waals surface area contributed by atoms with Crippen LogP contribution in [0.1, 0.15) is 31.4 Å². The monoisotopic (exact) mass is 235 g/mol. The van der Waals surface area contributed by atoms with Crippen LogP contribution in [0.5, 0.6) is 0 Å². The molecule has 0 heterocycles. The summed E-state index contributed by atoms with van der Waals surface area (Å²) in [5, 5.41) is 12.0. The Labute approximate surface area is 103 Å². The maximum absolute atomic E-state index is 10.5. The minimum absolute atomic E-state index is 0.0983. The Kier molecular flexibility index (Phi) is 5.70. The van der Waals surface area contributed by atoms with Crippen molar-refractivity contribution in [3.8, 4) is 0 Å². The number of benzene rings is 1. The molecule has 0 amide bonds. The molecule has 0 unspecified atom stereocenters. The molecule has 0 spiro atoms. The van der Waals surface area contributed by atoms with Crippen LogP contribution in [0.25, 0.3) is 0 Å². The van der Waals surface area contributed by atoms with E-state index in [1.54, 1.807) is 0 Å². The molecule has 1 aromatic carbocycles. The van der Waals surface area contributed by atoms with Crippen LogP contribution < -0.4 is 5.32 Å². The van der Waals surface area contributed by atoms with Crippen LogP contribution in [-0.4, -0.2) is 17.6 Å². The number of nitrogens with one attached hydrogen (secondary N) is 1. The minimum atomic E-state index is -0.784. The smallest absolute Gasteiger partial charge is 0.307 e. The molecule has 1 rings (SSSR count). The fourth-order valence-corrected chi connectivity index (χ4v) is 1.57. The van der Waals surface area contributed by atoms with Gasteiger partial charge >= 0.3 is 5.97 Å². The van der Waals surface area contributed by atoms with Crippen molar-refractivity contribution in [2.24, 2.45) is 5.92 Å². The van der Waals surface area contributed by atoms with Crippen molar-refractivity contribution in [3.63, 3.8) is 0 Å². The summed E-state index contributed by atoms with van der Waals surface area (Å²) in [7, 11) is 0. The van der Waals surface area contributed by atoms with Gasteiger partial charge in [-0.1, -0.05) is 38.1 Å². The van der Waals surface area contributed by atoms with E-state index < -0.39 is 5.97 Å². The second-order valence-electron chi connectivity index (χ2n) is 4.75. The third-order valence-corrected chi connectivity index (χ3v) is 2.61. The summed E-state index contributed by atoms with van der Waals surface area (Å²) in [6.07, 6.45) is 1.28. The molecule has 3 nitrogen and oxygen atoms in total. The van der Waals surface area contributed by atoms with Gasteiger partial charge in [0.2, 0.25) is 0 Å². The molecule has 0 aliphatic rings. The second kappa shape index (κ2) is 7.07. The molecule has 0 aliphatic carbocycles. The maximum atomic E-state index is 10.5. The average molecular weight is 235 g/mol. The number of hydrogen-bond donors (Lipinski definition) is 2. The molecule has 94 valence electrons. The van der Waals surface area contributed by atoms with Crippen LogP contribution in [0.4, 0.5) is 0 Å². The summed E-state index contributed by atoms with van der Waals surface area (Å²) in [5.41, 5.74) is 2.05. The van der Waals surface area contributed by atoms with Gasteiger partial charge in [-0.05, 0) is 30.0 Å². The lowest BCUT2D eigenvalue weighted by Gasteiger charge is -2.07. The first-order chi connectivity index (χ1) is 8.08. The largest absolute Gasteiger partial charge is 0.481 e. The molecule has 0 bridgehead atoms. The Morgan fingerprint density at radius 3 is 2.35 bits per heavy atom. The van der Waals surface area contributed by atoms with E-state index in [1.807, 2.05) is 24.3 Å². The zero-order valence-electron chi connectivity index (χ0n) is 10.6. The molecule has 17 heavy (non-hydrogen) atoms. The first-order valence-corrected chi connectivity index (χ1v) is 6.08. The van der Waals surface area contributed by atoms with E-state index in [-0.39, 0.29) is 6.42 Å². The molecule has 0 aromatic heterocycles. The number of carbonyl (C=O) groups is 1. The van der Waals surface area contributed by atoms with Gasteiger partial charge in [0, 0.05) is 6.54 Å². The van der Waals surface area contributed by atoms with Crippen molar-refractivity contribution >= 4 is 5.97 Å². The van der Waals surface area contributed by atoms with E-state index in [9.17, 15) is 4.79 Å². The fourth-order valence-electron chi connectivity index (χ4n) is 1.57. The summed E-state index contributed by atoms with van der Waals surface area (Å²) in [6, 6.07) is 7.74. The quantitative estimate of drug-likeness (QED) is 0.714. The van der Waals surface area contributed by atoms with E-state index >= 15 is 0 Å². The van der Waals surface area contributed by atoms with E-state index in [0.717, 1.165) is 24.6 Å². The van der Waals surface area contributed by atoms with E-state index in [1.165, 1.54) is 12.0 Å². The van der Waals surface area contributed by atoms with Crippen LogP contribution in [0.3, 0.4) is 0 Å². The lowest BCUT2D eigenvalue weighted by molar-refractivity contribution is -0.136. The van der Waals surface area contributed by atoms with Crippen LogP contribution in [0.2, 0.25) is 0 Å². The molecular weight excluding hydrogens is 214 g/mol. The molecule has 1 aromatic rings. The number of rotatable bonds is 7. The number of aliphatic carboxylic acids is 1. The van der Waals surface area contributed by atoms with Crippen LogP contribution in [0, 0.1) is 5.92 Å². The summed E-state index contributed by atoms with van der Waals surface area (Å²) in [4.78, 5) is 10.5. The lowest BCUT2D eigenvalue weighted by Crippen LogP contribution is -2.16. The maximum Gasteiger partial charge on any atom is 0.307 e. The van der Waals surface area contributed by atoms with E-state index in [0.29, 0.717) is 0 Å². The summed E-state index contributed by atoms with van der Waals surface area (Å²) >= 11 is 0. The van der Waals surface area contributed by atoms with E-state index in [2.05, 4.69) is 19.2 Å². The molecule has 0 fully saturated rings. The van der Waals surface area contributed by atoms with Crippen LogP contribution in [-0.2, 0) is 17.8 Å². The minimum Gasteiger partial charge on any atom is -0.481 e. The number of hydrogen-bond acceptors (Lipinski definition) is 2. The van der Waals surface area contributed by atoms with Crippen molar-refractivity contribution in [3.05, 3.63) is 35.4 Å². The van der Waals surface area contributed by atoms with Crippen molar-refractivity contribution in [2.45, 2.75) is 33.2 Å². The molecule has 0 aliphatic heterocycles. The molecule has 0 saturated carbocycles. The lowest BCUT2D eigenvalue weighted by atomic mass is 10.1. The molecule has 2 N–H and O–H groups in total. The highest BCUT2D eigenvalue weighted by molar-refractivity contribution is 5.70. The summed E-state index contributed by atoms with van der Waals surface area (Å²) in [5.74, 6) is -0.0618. The first kappa shape index (κ1) is 13.7. The molecular formula is C14H21NO2. The Hall–Kier alpha value is -1.35. The third-order valence-electron chi connectivity index (χ3n) is 2.61.